The van der Waals surface area contributed by atoms with Gasteiger partial charge in [0.05, 0.1) is 6.10 Å². The van der Waals surface area contributed by atoms with Crippen LogP contribution in [0.4, 0.5) is 0 Å². The zero-order chi connectivity index (χ0) is 15.3. The summed E-state index contributed by atoms with van der Waals surface area (Å²) in [4.78, 5) is 12.4. The van der Waals surface area contributed by atoms with E-state index in [-0.39, 0.29) is 17.2 Å². The van der Waals surface area contributed by atoms with Crippen molar-refractivity contribution in [3.8, 4) is 0 Å². The summed E-state index contributed by atoms with van der Waals surface area (Å²) in [6.45, 7) is 15.3. The van der Waals surface area contributed by atoms with Crippen LogP contribution in [0.5, 0.6) is 0 Å². The van der Waals surface area contributed by atoms with E-state index in [0.717, 1.165) is 23.9 Å². The summed E-state index contributed by atoms with van der Waals surface area (Å²) < 4.78 is 7.96. The van der Waals surface area contributed by atoms with Gasteiger partial charge >= 0.3 is 0 Å². The first kappa shape index (κ1) is 16.2. The summed E-state index contributed by atoms with van der Waals surface area (Å²) in [7, 11) is -1.52. The summed E-state index contributed by atoms with van der Waals surface area (Å²) in [5.74, 6) is 0. The van der Waals surface area contributed by atoms with Crippen LogP contribution in [0.15, 0.2) is 0 Å². The van der Waals surface area contributed by atoms with Crippen LogP contribution in [0.1, 0.15) is 67.2 Å². The van der Waals surface area contributed by atoms with Crippen molar-refractivity contribution in [2.45, 2.75) is 102 Å². The Labute approximate surface area is 125 Å². The Bertz CT molecular complexity index is 387. The number of nitrogens with zero attached hydrogens (tertiary/aromatic N) is 1. The zero-order valence-electron chi connectivity index (χ0n) is 14.3. The molecule has 0 aliphatic carbocycles. The SMILES string of the molecule is CCCC1C(C)[Si]1(C)OC1CC(C)(C)[N+](=O)C(C)(C)C1. The molecule has 3 unspecified atom stereocenters. The van der Waals surface area contributed by atoms with Gasteiger partial charge in [-0.25, -0.2) is 0 Å². The predicted molar refractivity (Wildman–Crippen MR) is 85.6 cm³/mol. The second-order valence-corrected chi connectivity index (χ2v) is 12.7. The van der Waals surface area contributed by atoms with Crippen molar-refractivity contribution < 1.29 is 9.19 Å². The summed E-state index contributed by atoms with van der Waals surface area (Å²) in [5.41, 5.74) is 1.01. The smallest absolute Gasteiger partial charge is 0.208 e. The van der Waals surface area contributed by atoms with Crippen LogP contribution >= 0.6 is 0 Å². The van der Waals surface area contributed by atoms with E-state index in [4.69, 9.17) is 4.43 Å². The lowest BCUT2D eigenvalue weighted by Crippen LogP contribution is -2.56. The maximum absolute atomic E-state index is 12.4. The molecule has 2 aliphatic rings. The van der Waals surface area contributed by atoms with Crippen molar-refractivity contribution in [1.82, 2.24) is 0 Å². The molecule has 2 rings (SSSR count). The lowest BCUT2D eigenvalue weighted by Gasteiger charge is -2.38. The first-order chi connectivity index (χ1) is 9.04. The summed E-state index contributed by atoms with van der Waals surface area (Å²) in [6, 6.07) is 0. The Balaban J connectivity index is 2.06. The highest BCUT2D eigenvalue weighted by atomic mass is 28.4. The van der Waals surface area contributed by atoms with Gasteiger partial charge in [-0.2, -0.15) is 0 Å². The molecule has 0 bridgehead atoms. The van der Waals surface area contributed by atoms with Crippen LogP contribution in [-0.4, -0.2) is 30.3 Å². The molecule has 4 heteroatoms. The quantitative estimate of drug-likeness (QED) is 0.558. The van der Waals surface area contributed by atoms with Crippen LogP contribution in [0, 0.1) is 4.91 Å². The highest BCUT2D eigenvalue weighted by molar-refractivity contribution is 6.86. The van der Waals surface area contributed by atoms with Crippen molar-refractivity contribution in [2.75, 3.05) is 0 Å². The van der Waals surface area contributed by atoms with E-state index in [2.05, 4.69) is 48.1 Å². The van der Waals surface area contributed by atoms with Gasteiger partial charge in [-0.05, 0) is 17.6 Å². The fourth-order valence-corrected chi connectivity index (χ4v) is 9.06. The maximum atomic E-state index is 12.4. The largest absolute Gasteiger partial charge is 0.413 e. The Morgan fingerprint density at radius 1 is 1.20 bits per heavy atom. The number of rotatable bonds is 4. The van der Waals surface area contributed by atoms with Gasteiger partial charge in [0.15, 0.2) is 8.32 Å². The molecule has 0 saturated carbocycles. The van der Waals surface area contributed by atoms with Gasteiger partial charge in [0.25, 0.3) is 0 Å². The fourth-order valence-electron chi connectivity index (χ4n) is 4.46. The molecule has 20 heavy (non-hydrogen) atoms. The second kappa shape index (κ2) is 4.91. The van der Waals surface area contributed by atoms with E-state index in [1.165, 1.54) is 17.6 Å². The molecule has 3 nitrogen and oxygen atoms in total. The Morgan fingerprint density at radius 3 is 2.15 bits per heavy atom. The van der Waals surface area contributed by atoms with Gasteiger partial charge < -0.3 is 4.43 Å². The standard InChI is InChI=1S/C16H32NO2Si/c1-8-9-14-12(2)20(14,7)19-13-10-15(3,4)17(18)16(5,6)11-13/h12-14H,8-11H2,1-7H3/q+1. The van der Waals surface area contributed by atoms with Gasteiger partial charge in [0, 0.05) is 50.2 Å². The van der Waals surface area contributed by atoms with Crippen LogP contribution in [0.25, 0.3) is 0 Å². The van der Waals surface area contributed by atoms with Crippen LogP contribution in [-0.2, 0) is 4.43 Å². The minimum Gasteiger partial charge on any atom is -0.413 e. The van der Waals surface area contributed by atoms with E-state index in [1.54, 1.807) is 0 Å². The minimum absolute atomic E-state index is 0.270. The van der Waals surface area contributed by atoms with E-state index >= 15 is 0 Å². The number of hydrogen-bond donors (Lipinski definition) is 0. The van der Waals surface area contributed by atoms with Crippen molar-refractivity contribution in [2.24, 2.45) is 0 Å². The molecule has 0 aromatic heterocycles. The molecule has 2 saturated heterocycles. The molecular formula is C16H32NO2Si+. The van der Waals surface area contributed by atoms with Crippen LogP contribution in [0.3, 0.4) is 0 Å². The molecular weight excluding hydrogens is 266 g/mol. The average Bonchev–Trinajstić information content (AvgIpc) is 2.78. The third kappa shape index (κ3) is 2.61. The van der Waals surface area contributed by atoms with E-state index in [1.807, 2.05) is 0 Å². The highest BCUT2D eigenvalue weighted by Gasteiger charge is 2.64. The summed E-state index contributed by atoms with van der Waals surface area (Å²) >= 11 is 0. The van der Waals surface area contributed by atoms with Crippen molar-refractivity contribution in [3.05, 3.63) is 4.91 Å². The number of hydrogen-bond acceptors (Lipinski definition) is 2. The van der Waals surface area contributed by atoms with Crippen LogP contribution < -0.4 is 0 Å². The first-order valence-corrected chi connectivity index (χ1v) is 10.8. The average molecular weight is 299 g/mol. The topological polar surface area (TPSA) is 29.3 Å². The predicted octanol–water partition coefficient (Wildman–Crippen LogP) is 4.65. The van der Waals surface area contributed by atoms with E-state index < -0.39 is 8.32 Å². The number of piperidine rings is 1. The van der Waals surface area contributed by atoms with Gasteiger partial charge in [-0.3, -0.25) is 0 Å². The third-order valence-corrected chi connectivity index (χ3v) is 10.6. The molecule has 2 fully saturated rings. The van der Waals surface area contributed by atoms with Gasteiger partial charge in [-0.15, -0.1) is 0 Å². The molecule has 0 aromatic rings. The molecule has 0 aromatic carbocycles. The zero-order valence-corrected chi connectivity index (χ0v) is 15.3. The van der Waals surface area contributed by atoms with Gasteiger partial charge in [0.2, 0.25) is 11.1 Å². The molecule has 0 spiro atoms. The summed E-state index contributed by atoms with van der Waals surface area (Å²) in [5, 5.41) is 0. The van der Waals surface area contributed by atoms with E-state index in [0.29, 0.717) is 0 Å². The molecule has 0 radical (unpaired) electrons. The molecule has 3 atom stereocenters. The fraction of sp³-hybridized carbons (Fsp3) is 1.00. The highest BCUT2D eigenvalue weighted by Crippen LogP contribution is 2.63. The van der Waals surface area contributed by atoms with Crippen molar-refractivity contribution in [1.29, 1.82) is 0 Å². The molecule has 0 amide bonds. The van der Waals surface area contributed by atoms with Crippen molar-refractivity contribution >= 4 is 8.32 Å². The lowest BCUT2D eigenvalue weighted by atomic mass is 9.81. The number of nitroso groups, excluding NO2 is 1. The normalized spacial score (nSPS) is 39.9. The minimum atomic E-state index is -1.52. The molecule has 2 heterocycles. The van der Waals surface area contributed by atoms with E-state index in [9.17, 15) is 4.91 Å². The second-order valence-electron chi connectivity index (χ2n) is 8.44. The third-order valence-electron chi connectivity index (χ3n) is 5.71. The Kier molecular flexibility index (Phi) is 3.96. The van der Waals surface area contributed by atoms with Gasteiger partial charge in [-0.1, -0.05) is 26.7 Å². The molecule has 2 aliphatic heterocycles. The molecule has 0 N–H and O–H groups in total. The van der Waals surface area contributed by atoms with Crippen LogP contribution in [0.2, 0.25) is 17.6 Å². The Morgan fingerprint density at radius 2 is 1.70 bits per heavy atom. The Hall–Kier alpha value is -0.223. The summed E-state index contributed by atoms with van der Waals surface area (Å²) in [6.07, 6.45) is 4.59. The van der Waals surface area contributed by atoms with Crippen molar-refractivity contribution in [3.63, 3.8) is 0 Å². The van der Waals surface area contributed by atoms with Gasteiger partial charge in [0.1, 0.15) is 0 Å². The first-order valence-electron chi connectivity index (χ1n) is 8.20. The lowest BCUT2D eigenvalue weighted by molar-refractivity contribution is -0.695. The molecule has 116 valence electrons. The maximum Gasteiger partial charge on any atom is 0.208 e. The monoisotopic (exact) mass is 298 g/mol.